The fraction of sp³-hybridized carbons (Fsp3) is 0.375. The lowest BCUT2D eigenvalue weighted by Crippen LogP contribution is -2.48. The minimum atomic E-state index is 0.160. The highest BCUT2D eigenvalue weighted by Gasteiger charge is 2.20. The van der Waals surface area contributed by atoms with Crippen LogP contribution in [-0.2, 0) is 4.79 Å². The number of benzene rings is 1. The molecule has 3 rings (SSSR count). The van der Waals surface area contributed by atoms with Crippen LogP contribution < -0.4 is 4.90 Å². The highest BCUT2D eigenvalue weighted by Crippen LogP contribution is 2.31. The summed E-state index contributed by atoms with van der Waals surface area (Å²) in [6.45, 7) is 6.96. The number of nitrogens with zero attached hydrogens (tertiary/aromatic N) is 3. The molecule has 5 heteroatoms. The van der Waals surface area contributed by atoms with Crippen LogP contribution in [0.15, 0.2) is 28.7 Å². The molecule has 0 bridgehead atoms. The van der Waals surface area contributed by atoms with Crippen LogP contribution in [0.25, 0.3) is 10.9 Å². The number of hydrogen-bond donors (Lipinski definition) is 0. The standard InChI is InChI=1S/C16H18BrN3O/c1-11-10-15(13-4-3-5-14(17)16(13)18-11)20-8-6-19(7-9-20)12(2)21/h3-5,10H,6-9H2,1-2H3. The molecule has 0 spiro atoms. The molecule has 0 unspecified atom stereocenters. The predicted octanol–water partition coefficient (Wildman–Crippen LogP) is 2.97. The normalized spacial score (nSPS) is 15.6. The van der Waals surface area contributed by atoms with Gasteiger partial charge in [0.05, 0.1) is 5.52 Å². The lowest BCUT2D eigenvalue weighted by atomic mass is 10.1. The second kappa shape index (κ2) is 5.64. The number of carbonyl (C=O) groups is 1. The van der Waals surface area contributed by atoms with Crippen molar-refractivity contribution in [3.05, 3.63) is 34.4 Å². The van der Waals surface area contributed by atoms with E-state index in [1.54, 1.807) is 6.92 Å². The molecule has 1 aliphatic rings. The van der Waals surface area contributed by atoms with Crippen molar-refractivity contribution in [1.29, 1.82) is 0 Å². The number of rotatable bonds is 1. The average molecular weight is 348 g/mol. The van der Waals surface area contributed by atoms with E-state index < -0.39 is 0 Å². The summed E-state index contributed by atoms with van der Waals surface area (Å²) in [6.07, 6.45) is 0. The minimum absolute atomic E-state index is 0.160. The number of halogens is 1. The van der Waals surface area contributed by atoms with E-state index in [-0.39, 0.29) is 5.91 Å². The molecule has 0 N–H and O–H groups in total. The molecule has 0 atom stereocenters. The van der Waals surface area contributed by atoms with Crippen LogP contribution in [0, 0.1) is 6.92 Å². The third-order valence-corrected chi connectivity index (χ3v) is 4.60. The van der Waals surface area contributed by atoms with Crippen LogP contribution >= 0.6 is 15.9 Å². The summed E-state index contributed by atoms with van der Waals surface area (Å²) in [5.74, 6) is 0.160. The van der Waals surface area contributed by atoms with Crippen molar-refractivity contribution >= 4 is 38.4 Å². The van der Waals surface area contributed by atoms with E-state index in [9.17, 15) is 4.79 Å². The molecule has 4 nitrogen and oxygen atoms in total. The number of amides is 1. The summed E-state index contributed by atoms with van der Waals surface area (Å²) in [5, 5.41) is 1.16. The first-order valence-corrected chi connectivity index (χ1v) is 7.92. The van der Waals surface area contributed by atoms with Crippen LogP contribution in [0.2, 0.25) is 0 Å². The van der Waals surface area contributed by atoms with E-state index in [1.807, 2.05) is 24.0 Å². The molecule has 1 aromatic carbocycles. The quantitative estimate of drug-likeness (QED) is 0.795. The molecule has 1 aromatic heterocycles. The first-order chi connectivity index (χ1) is 10.1. The third-order valence-electron chi connectivity index (χ3n) is 3.96. The van der Waals surface area contributed by atoms with Gasteiger partial charge < -0.3 is 9.80 Å². The predicted molar refractivity (Wildman–Crippen MR) is 88.6 cm³/mol. The van der Waals surface area contributed by atoms with Crippen LogP contribution in [0.3, 0.4) is 0 Å². The Labute approximate surface area is 132 Å². The van der Waals surface area contributed by atoms with Gasteiger partial charge in [0.2, 0.25) is 5.91 Å². The molecule has 1 fully saturated rings. The van der Waals surface area contributed by atoms with Crippen molar-refractivity contribution in [2.24, 2.45) is 0 Å². The van der Waals surface area contributed by atoms with Gasteiger partial charge in [0.25, 0.3) is 0 Å². The van der Waals surface area contributed by atoms with E-state index in [0.29, 0.717) is 0 Å². The smallest absolute Gasteiger partial charge is 0.219 e. The molecule has 2 heterocycles. The van der Waals surface area contributed by atoms with Gasteiger partial charge in [0.1, 0.15) is 0 Å². The monoisotopic (exact) mass is 347 g/mol. The Balaban J connectivity index is 1.98. The van der Waals surface area contributed by atoms with Crippen molar-refractivity contribution in [3.8, 4) is 0 Å². The van der Waals surface area contributed by atoms with Gasteiger partial charge >= 0.3 is 0 Å². The summed E-state index contributed by atoms with van der Waals surface area (Å²) >= 11 is 3.58. The van der Waals surface area contributed by atoms with E-state index in [4.69, 9.17) is 0 Å². The van der Waals surface area contributed by atoms with E-state index in [1.165, 1.54) is 5.69 Å². The minimum Gasteiger partial charge on any atom is -0.367 e. The second-order valence-electron chi connectivity index (χ2n) is 5.41. The van der Waals surface area contributed by atoms with Gasteiger partial charge in [-0.05, 0) is 35.0 Å². The number of hydrogen-bond acceptors (Lipinski definition) is 3. The fourth-order valence-corrected chi connectivity index (χ4v) is 3.30. The molecule has 1 amide bonds. The zero-order chi connectivity index (χ0) is 15.0. The topological polar surface area (TPSA) is 36.4 Å². The van der Waals surface area contributed by atoms with Crippen molar-refractivity contribution < 1.29 is 4.79 Å². The zero-order valence-corrected chi connectivity index (χ0v) is 13.9. The van der Waals surface area contributed by atoms with Gasteiger partial charge in [0, 0.05) is 54.3 Å². The Bertz CT molecular complexity index is 693. The molecule has 0 aliphatic carbocycles. The lowest BCUT2D eigenvalue weighted by molar-refractivity contribution is -0.129. The number of carbonyl (C=O) groups excluding carboxylic acids is 1. The van der Waals surface area contributed by atoms with Gasteiger partial charge in [-0.3, -0.25) is 9.78 Å². The highest BCUT2D eigenvalue weighted by atomic mass is 79.9. The Morgan fingerprint density at radius 3 is 2.62 bits per heavy atom. The number of aromatic nitrogens is 1. The van der Waals surface area contributed by atoms with E-state index in [0.717, 1.165) is 47.2 Å². The number of aryl methyl sites for hydroxylation is 1. The molecule has 1 aliphatic heterocycles. The third kappa shape index (κ3) is 2.75. The number of piperazine rings is 1. The van der Waals surface area contributed by atoms with Crippen molar-refractivity contribution in [3.63, 3.8) is 0 Å². The Morgan fingerprint density at radius 2 is 1.95 bits per heavy atom. The number of anilines is 1. The summed E-state index contributed by atoms with van der Waals surface area (Å²) in [6, 6.07) is 8.31. The SMILES string of the molecule is CC(=O)N1CCN(c2cc(C)nc3c(Br)cccc23)CC1. The molecule has 110 valence electrons. The molecular weight excluding hydrogens is 330 g/mol. The number of fused-ring (bicyclic) bond motifs is 1. The van der Waals surface area contributed by atoms with Gasteiger partial charge in [-0.1, -0.05) is 12.1 Å². The molecule has 2 aromatic rings. The zero-order valence-electron chi connectivity index (χ0n) is 12.3. The van der Waals surface area contributed by atoms with E-state index >= 15 is 0 Å². The first-order valence-electron chi connectivity index (χ1n) is 7.12. The van der Waals surface area contributed by atoms with Crippen LogP contribution in [0.1, 0.15) is 12.6 Å². The van der Waals surface area contributed by atoms with Crippen molar-refractivity contribution in [2.75, 3.05) is 31.1 Å². The van der Waals surface area contributed by atoms with Crippen molar-refractivity contribution in [2.45, 2.75) is 13.8 Å². The summed E-state index contributed by atoms with van der Waals surface area (Å²) in [5.41, 5.74) is 3.22. The van der Waals surface area contributed by atoms with Gasteiger partial charge in [-0.2, -0.15) is 0 Å². The summed E-state index contributed by atoms with van der Waals surface area (Å²) < 4.78 is 1.02. The first kappa shape index (κ1) is 14.3. The molecule has 21 heavy (non-hydrogen) atoms. The van der Waals surface area contributed by atoms with Gasteiger partial charge in [0.15, 0.2) is 0 Å². The number of pyridine rings is 1. The average Bonchev–Trinajstić information content (AvgIpc) is 2.47. The summed E-state index contributed by atoms with van der Waals surface area (Å²) in [4.78, 5) is 20.3. The maximum Gasteiger partial charge on any atom is 0.219 e. The van der Waals surface area contributed by atoms with Crippen molar-refractivity contribution in [1.82, 2.24) is 9.88 Å². The molecule has 0 radical (unpaired) electrons. The molecule has 1 saturated heterocycles. The Morgan fingerprint density at radius 1 is 1.24 bits per heavy atom. The highest BCUT2D eigenvalue weighted by molar-refractivity contribution is 9.10. The van der Waals surface area contributed by atoms with E-state index in [2.05, 4.69) is 37.9 Å². The Hall–Kier alpha value is -1.62. The maximum absolute atomic E-state index is 11.4. The maximum atomic E-state index is 11.4. The van der Waals surface area contributed by atoms with Crippen LogP contribution in [0.5, 0.6) is 0 Å². The van der Waals surface area contributed by atoms with Crippen LogP contribution in [0.4, 0.5) is 5.69 Å². The van der Waals surface area contributed by atoms with Gasteiger partial charge in [-0.25, -0.2) is 0 Å². The second-order valence-corrected chi connectivity index (χ2v) is 6.27. The largest absolute Gasteiger partial charge is 0.367 e. The number of para-hydroxylation sites is 1. The molecule has 0 saturated carbocycles. The van der Waals surface area contributed by atoms with Crippen LogP contribution in [-0.4, -0.2) is 42.0 Å². The molecular formula is C16H18BrN3O. The summed E-state index contributed by atoms with van der Waals surface area (Å²) in [7, 11) is 0. The lowest BCUT2D eigenvalue weighted by Gasteiger charge is -2.36. The van der Waals surface area contributed by atoms with Gasteiger partial charge in [-0.15, -0.1) is 0 Å². The fourth-order valence-electron chi connectivity index (χ4n) is 2.84. The Kier molecular flexibility index (Phi) is 3.85.